The molecule has 2 atom stereocenters. The standard InChI is InChI=1S/C14H17BrN2O3/c1-3-9-6-16-7-10-17(8(2)4-5-20-10)14(19)12(16)11(15)13(9)18/h6,8,10H,3-5,7H2,1-2H3/t8-,10+/m1/s1. The van der Waals surface area contributed by atoms with E-state index in [1.54, 1.807) is 11.1 Å². The van der Waals surface area contributed by atoms with Gasteiger partial charge >= 0.3 is 0 Å². The number of rotatable bonds is 1. The summed E-state index contributed by atoms with van der Waals surface area (Å²) in [6, 6.07) is 0.142. The SMILES string of the molecule is CCc1cn2c(c(Br)c1=O)C(=O)N1[C@H](C)CCO[C@H]1C2. The normalized spacial score (nSPS) is 25.4. The molecular weight excluding hydrogens is 324 g/mol. The van der Waals surface area contributed by atoms with Gasteiger partial charge in [0.1, 0.15) is 5.69 Å². The average molecular weight is 341 g/mol. The third-order valence-corrected chi connectivity index (χ3v) is 4.84. The van der Waals surface area contributed by atoms with Gasteiger partial charge in [-0.3, -0.25) is 9.59 Å². The first-order valence-electron chi connectivity index (χ1n) is 6.90. The molecule has 108 valence electrons. The number of pyridine rings is 1. The Morgan fingerprint density at radius 1 is 1.45 bits per heavy atom. The molecule has 3 heterocycles. The van der Waals surface area contributed by atoms with Crippen LogP contribution < -0.4 is 5.43 Å². The lowest BCUT2D eigenvalue weighted by molar-refractivity contribution is -0.112. The minimum Gasteiger partial charge on any atom is -0.356 e. The van der Waals surface area contributed by atoms with Crippen molar-refractivity contribution in [2.24, 2.45) is 0 Å². The first-order valence-corrected chi connectivity index (χ1v) is 7.70. The van der Waals surface area contributed by atoms with Crippen molar-refractivity contribution in [1.29, 1.82) is 0 Å². The molecule has 2 aliphatic heterocycles. The van der Waals surface area contributed by atoms with Crippen molar-refractivity contribution in [3.8, 4) is 0 Å². The molecule has 0 radical (unpaired) electrons. The zero-order valence-corrected chi connectivity index (χ0v) is 13.1. The summed E-state index contributed by atoms with van der Waals surface area (Å²) in [6.07, 6.45) is 3.05. The van der Waals surface area contributed by atoms with Gasteiger partial charge in [-0.15, -0.1) is 0 Å². The van der Waals surface area contributed by atoms with E-state index in [1.807, 2.05) is 18.4 Å². The van der Waals surface area contributed by atoms with Crippen LogP contribution in [0.2, 0.25) is 0 Å². The van der Waals surface area contributed by atoms with Gasteiger partial charge in [0.15, 0.2) is 11.7 Å². The van der Waals surface area contributed by atoms with E-state index in [4.69, 9.17) is 4.74 Å². The third-order valence-electron chi connectivity index (χ3n) is 4.10. The Hall–Kier alpha value is -1.14. The van der Waals surface area contributed by atoms with Gasteiger partial charge in [0.2, 0.25) is 0 Å². The fraction of sp³-hybridized carbons (Fsp3) is 0.571. The average Bonchev–Trinajstić information content (AvgIpc) is 2.42. The van der Waals surface area contributed by atoms with Crippen LogP contribution >= 0.6 is 15.9 Å². The molecule has 1 fully saturated rings. The monoisotopic (exact) mass is 340 g/mol. The van der Waals surface area contributed by atoms with Crippen LogP contribution in [0, 0.1) is 0 Å². The predicted molar refractivity (Wildman–Crippen MR) is 77.8 cm³/mol. The minimum absolute atomic E-state index is 0.0869. The highest BCUT2D eigenvalue weighted by atomic mass is 79.9. The van der Waals surface area contributed by atoms with Crippen molar-refractivity contribution in [2.75, 3.05) is 6.61 Å². The second-order valence-corrected chi connectivity index (χ2v) is 6.12. The molecule has 1 amide bonds. The van der Waals surface area contributed by atoms with Crippen LogP contribution in [0.3, 0.4) is 0 Å². The maximum absolute atomic E-state index is 12.7. The Bertz CT molecular complexity index is 626. The number of nitrogens with zero attached hydrogens (tertiary/aromatic N) is 2. The van der Waals surface area contributed by atoms with Crippen LogP contribution in [0.15, 0.2) is 15.5 Å². The molecule has 0 spiro atoms. The fourth-order valence-electron chi connectivity index (χ4n) is 2.94. The van der Waals surface area contributed by atoms with Crippen molar-refractivity contribution < 1.29 is 9.53 Å². The van der Waals surface area contributed by atoms with Crippen LogP contribution in [0.25, 0.3) is 0 Å². The second kappa shape index (κ2) is 5.00. The Labute approximate surface area is 125 Å². The molecule has 0 aliphatic carbocycles. The molecule has 3 rings (SSSR count). The topological polar surface area (TPSA) is 51.5 Å². The number of carbonyl (C=O) groups is 1. The van der Waals surface area contributed by atoms with Crippen molar-refractivity contribution in [1.82, 2.24) is 9.47 Å². The summed E-state index contributed by atoms with van der Waals surface area (Å²) in [5.41, 5.74) is 1.07. The maximum atomic E-state index is 12.7. The quantitative estimate of drug-likeness (QED) is 0.782. The molecule has 5 nitrogen and oxygen atoms in total. The van der Waals surface area contributed by atoms with E-state index in [0.717, 1.165) is 6.42 Å². The largest absolute Gasteiger partial charge is 0.356 e. The molecule has 1 aromatic rings. The molecule has 6 heteroatoms. The maximum Gasteiger partial charge on any atom is 0.274 e. The Morgan fingerprint density at radius 3 is 2.90 bits per heavy atom. The number of amides is 1. The molecule has 2 aliphatic rings. The second-order valence-electron chi connectivity index (χ2n) is 5.33. The van der Waals surface area contributed by atoms with Crippen molar-refractivity contribution in [3.05, 3.63) is 32.2 Å². The van der Waals surface area contributed by atoms with Gasteiger partial charge in [0.05, 0.1) is 17.6 Å². The van der Waals surface area contributed by atoms with Crippen LogP contribution in [0.4, 0.5) is 0 Å². The first-order chi connectivity index (χ1) is 9.54. The predicted octanol–water partition coefficient (Wildman–Crippen LogP) is 1.76. The van der Waals surface area contributed by atoms with Gasteiger partial charge in [-0.1, -0.05) is 6.92 Å². The zero-order valence-electron chi connectivity index (χ0n) is 11.6. The molecule has 0 N–H and O–H groups in total. The van der Waals surface area contributed by atoms with Gasteiger partial charge in [0.25, 0.3) is 5.91 Å². The highest BCUT2D eigenvalue weighted by Crippen LogP contribution is 2.28. The zero-order chi connectivity index (χ0) is 14.4. The number of ether oxygens (including phenoxy) is 1. The van der Waals surface area contributed by atoms with Crippen molar-refractivity contribution >= 4 is 21.8 Å². The molecule has 1 saturated heterocycles. The summed E-state index contributed by atoms with van der Waals surface area (Å²) in [5.74, 6) is -0.125. The Morgan fingerprint density at radius 2 is 2.20 bits per heavy atom. The molecule has 20 heavy (non-hydrogen) atoms. The smallest absolute Gasteiger partial charge is 0.274 e. The van der Waals surface area contributed by atoms with E-state index >= 15 is 0 Å². The number of aromatic nitrogens is 1. The lowest BCUT2D eigenvalue weighted by Crippen LogP contribution is -2.57. The third kappa shape index (κ3) is 1.93. The number of aryl methyl sites for hydroxylation is 1. The summed E-state index contributed by atoms with van der Waals surface area (Å²) in [4.78, 5) is 26.6. The molecule has 0 aromatic carbocycles. The Kier molecular flexibility index (Phi) is 3.46. The van der Waals surface area contributed by atoms with Crippen LogP contribution in [0.5, 0.6) is 0 Å². The van der Waals surface area contributed by atoms with Crippen LogP contribution in [-0.4, -0.2) is 34.3 Å². The van der Waals surface area contributed by atoms with Gasteiger partial charge in [-0.25, -0.2) is 0 Å². The summed E-state index contributed by atoms with van der Waals surface area (Å²) in [7, 11) is 0. The van der Waals surface area contributed by atoms with Gasteiger partial charge in [-0.05, 0) is 35.7 Å². The molecule has 0 bridgehead atoms. The van der Waals surface area contributed by atoms with E-state index in [-0.39, 0.29) is 23.6 Å². The molecule has 0 unspecified atom stereocenters. The summed E-state index contributed by atoms with van der Waals surface area (Å²) in [5, 5.41) is 0. The first kappa shape index (κ1) is 13.8. The van der Waals surface area contributed by atoms with E-state index in [2.05, 4.69) is 15.9 Å². The highest BCUT2D eigenvalue weighted by molar-refractivity contribution is 9.10. The van der Waals surface area contributed by atoms with Gasteiger partial charge in [-0.2, -0.15) is 0 Å². The van der Waals surface area contributed by atoms with E-state index in [1.165, 1.54) is 0 Å². The number of hydrogen-bond donors (Lipinski definition) is 0. The van der Waals surface area contributed by atoms with Crippen molar-refractivity contribution in [2.45, 2.75) is 45.5 Å². The number of hydrogen-bond acceptors (Lipinski definition) is 3. The van der Waals surface area contributed by atoms with Gasteiger partial charge < -0.3 is 14.2 Å². The Balaban J connectivity index is 2.15. The number of carbonyl (C=O) groups excluding carboxylic acids is 1. The van der Waals surface area contributed by atoms with Crippen LogP contribution in [0.1, 0.15) is 36.3 Å². The minimum atomic E-state index is -0.224. The summed E-state index contributed by atoms with van der Waals surface area (Å²) in [6.45, 7) is 5.21. The number of fused-ring (bicyclic) bond motifs is 2. The molecule has 1 aromatic heterocycles. The van der Waals surface area contributed by atoms with Gasteiger partial charge in [0, 0.05) is 17.8 Å². The lowest BCUT2D eigenvalue weighted by atomic mass is 10.1. The van der Waals surface area contributed by atoms with Crippen LogP contribution in [-0.2, 0) is 17.7 Å². The molecule has 0 saturated carbocycles. The molecular formula is C14H17BrN2O3. The number of halogens is 1. The summed E-state index contributed by atoms with van der Waals surface area (Å²) >= 11 is 3.31. The van der Waals surface area contributed by atoms with E-state index in [9.17, 15) is 9.59 Å². The summed E-state index contributed by atoms with van der Waals surface area (Å²) < 4.78 is 7.94. The lowest BCUT2D eigenvalue weighted by Gasteiger charge is -2.44. The van der Waals surface area contributed by atoms with Crippen molar-refractivity contribution in [3.63, 3.8) is 0 Å². The fourth-order valence-corrected chi connectivity index (χ4v) is 3.59. The highest BCUT2D eigenvalue weighted by Gasteiger charge is 2.39. The van der Waals surface area contributed by atoms with E-state index in [0.29, 0.717) is 35.3 Å². The van der Waals surface area contributed by atoms with E-state index < -0.39 is 0 Å².